The van der Waals surface area contributed by atoms with Gasteiger partial charge in [-0.15, -0.1) is 12.3 Å². The topological polar surface area (TPSA) is 21.3 Å². The normalized spacial score (nSPS) is 20.4. The van der Waals surface area contributed by atoms with Gasteiger partial charge >= 0.3 is 0 Å². The van der Waals surface area contributed by atoms with Gasteiger partial charge in [0, 0.05) is 12.5 Å². The number of rotatable bonds is 4. The molecular formula is C15H19NO. The van der Waals surface area contributed by atoms with Crippen LogP contribution in [0.25, 0.3) is 0 Å². The van der Waals surface area contributed by atoms with Crippen LogP contribution in [0.15, 0.2) is 24.3 Å². The molecule has 2 rings (SSSR count). The van der Waals surface area contributed by atoms with Gasteiger partial charge in [0.15, 0.2) is 0 Å². The molecule has 2 atom stereocenters. The molecular weight excluding hydrogens is 210 g/mol. The van der Waals surface area contributed by atoms with Crippen LogP contribution in [-0.2, 0) is 11.2 Å². The van der Waals surface area contributed by atoms with Crippen molar-refractivity contribution in [3.05, 3.63) is 35.4 Å². The van der Waals surface area contributed by atoms with Crippen LogP contribution in [0, 0.1) is 12.3 Å². The van der Waals surface area contributed by atoms with Crippen molar-refractivity contribution in [3.63, 3.8) is 0 Å². The Morgan fingerprint density at radius 1 is 1.53 bits per heavy atom. The molecule has 0 bridgehead atoms. The van der Waals surface area contributed by atoms with Crippen molar-refractivity contribution in [3.8, 4) is 12.3 Å². The van der Waals surface area contributed by atoms with E-state index in [1.807, 2.05) is 7.05 Å². The van der Waals surface area contributed by atoms with E-state index in [-0.39, 0.29) is 6.10 Å². The number of fused-ring (bicyclic) bond motifs is 1. The monoisotopic (exact) mass is 229 g/mol. The quantitative estimate of drug-likeness (QED) is 0.800. The maximum atomic E-state index is 5.92. The van der Waals surface area contributed by atoms with Crippen LogP contribution in [-0.4, -0.2) is 19.7 Å². The highest BCUT2D eigenvalue weighted by atomic mass is 16.5. The van der Waals surface area contributed by atoms with Crippen LogP contribution < -0.4 is 5.32 Å². The zero-order valence-electron chi connectivity index (χ0n) is 10.3. The first-order valence-corrected chi connectivity index (χ1v) is 6.17. The minimum absolute atomic E-state index is 0.137. The Balaban J connectivity index is 2.19. The SMILES string of the molecule is C#CCCC(NC)C1OCCc2ccccc21. The smallest absolute Gasteiger partial charge is 0.0980 e. The van der Waals surface area contributed by atoms with Crippen molar-refractivity contribution in [2.24, 2.45) is 0 Å². The number of hydrogen-bond donors (Lipinski definition) is 1. The first-order chi connectivity index (χ1) is 8.36. The summed E-state index contributed by atoms with van der Waals surface area (Å²) in [5.41, 5.74) is 2.72. The van der Waals surface area contributed by atoms with E-state index in [2.05, 4.69) is 35.5 Å². The maximum absolute atomic E-state index is 5.92. The lowest BCUT2D eigenvalue weighted by Gasteiger charge is -2.32. The maximum Gasteiger partial charge on any atom is 0.0980 e. The average Bonchev–Trinajstić information content (AvgIpc) is 2.40. The molecule has 1 N–H and O–H groups in total. The fraction of sp³-hybridized carbons (Fsp3) is 0.467. The van der Waals surface area contributed by atoms with Crippen molar-refractivity contribution in [2.45, 2.75) is 31.4 Å². The first kappa shape index (κ1) is 12.2. The summed E-state index contributed by atoms with van der Waals surface area (Å²) in [5, 5.41) is 3.33. The van der Waals surface area contributed by atoms with Crippen molar-refractivity contribution in [1.29, 1.82) is 0 Å². The van der Waals surface area contributed by atoms with Gasteiger partial charge in [-0.05, 0) is 31.0 Å². The molecule has 0 saturated carbocycles. The third kappa shape index (κ3) is 2.69. The summed E-state index contributed by atoms with van der Waals surface area (Å²) < 4.78 is 5.92. The molecule has 1 aromatic carbocycles. The Morgan fingerprint density at radius 2 is 2.35 bits per heavy atom. The summed E-state index contributed by atoms with van der Waals surface area (Å²) in [5.74, 6) is 2.70. The van der Waals surface area contributed by atoms with Crippen LogP contribution in [0.5, 0.6) is 0 Å². The van der Waals surface area contributed by atoms with Crippen LogP contribution in [0.4, 0.5) is 0 Å². The standard InChI is InChI=1S/C15H19NO/c1-3-4-9-14(16-2)15-13-8-6-5-7-12(13)10-11-17-15/h1,5-8,14-16H,4,9-11H2,2H3. The van der Waals surface area contributed by atoms with Crippen LogP contribution in [0.2, 0.25) is 0 Å². The second-order valence-electron chi connectivity index (χ2n) is 4.38. The fourth-order valence-corrected chi connectivity index (χ4v) is 2.44. The molecule has 2 unspecified atom stereocenters. The average molecular weight is 229 g/mol. The molecule has 0 fully saturated rings. The molecule has 2 nitrogen and oxygen atoms in total. The lowest BCUT2D eigenvalue weighted by Crippen LogP contribution is -2.36. The summed E-state index contributed by atoms with van der Waals surface area (Å²) in [6.45, 7) is 0.802. The second-order valence-corrected chi connectivity index (χ2v) is 4.38. The molecule has 0 spiro atoms. The Kier molecular flexibility index (Phi) is 4.19. The minimum Gasteiger partial charge on any atom is -0.372 e. The van der Waals surface area contributed by atoms with Gasteiger partial charge in [0.25, 0.3) is 0 Å². The highest BCUT2D eigenvalue weighted by Crippen LogP contribution is 2.30. The summed E-state index contributed by atoms with van der Waals surface area (Å²) in [6.07, 6.45) is 8.22. The van der Waals surface area contributed by atoms with Crippen molar-refractivity contribution in [1.82, 2.24) is 5.32 Å². The molecule has 1 aliphatic heterocycles. The molecule has 2 heteroatoms. The number of hydrogen-bond acceptors (Lipinski definition) is 2. The molecule has 0 saturated heterocycles. The van der Waals surface area contributed by atoms with Crippen LogP contribution >= 0.6 is 0 Å². The van der Waals surface area contributed by atoms with E-state index in [0.717, 1.165) is 25.9 Å². The van der Waals surface area contributed by atoms with Gasteiger partial charge in [-0.2, -0.15) is 0 Å². The Hall–Kier alpha value is -1.30. The first-order valence-electron chi connectivity index (χ1n) is 6.17. The number of benzene rings is 1. The van der Waals surface area contributed by atoms with E-state index in [0.29, 0.717) is 6.04 Å². The zero-order valence-corrected chi connectivity index (χ0v) is 10.3. The molecule has 90 valence electrons. The van der Waals surface area contributed by atoms with Gasteiger partial charge in [-0.25, -0.2) is 0 Å². The van der Waals surface area contributed by atoms with Gasteiger partial charge in [-0.3, -0.25) is 0 Å². The van der Waals surface area contributed by atoms with Crippen molar-refractivity contribution < 1.29 is 4.74 Å². The van der Waals surface area contributed by atoms with Crippen molar-refractivity contribution in [2.75, 3.05) is 13.7 Å². The Labute approximate surface area is 103 Å². The minimum atomic E-state index is 0.137. The summed E-state index contributed by atoms with van der Waals surface area (Å²) >= 11 is 0. The molecule has 17 heavy (non-hydrogen) atoms. The van der Waals surface area contributed by atoms with Gasteiger partial charge in [-0.1, -0.05) is 24.3 Å². The largest absolute Gasteiger partial charge is 0.372 e. The van der Waals surface area contributed by atoms with E-state index >= 15 is 0 Å². The molecule has 1 aromatic rings. The molecule has 1 heterocycles. The molecule has 0 aromatic heterocycles. The molecule has 0 aliphatic carbocycles. The van der Waals surface area contributed by atoms with Crippen molar-refractivity contribution >= 4 is 0 Å². The molecule has 1 aliphatic rings. The highest BCUT2D eigenvalue weighted by Gasteiger charge is 2.27. The number of nitrogens with one attached hydrogen (secondary N) is 1. The lowest BCUT2D eigenvalue weighted by molar-refractivity contribution is 0.0155. The zero-order chi connectivity index (χ0) is 12.1. The highest BCUT2D eigenvalue weighted by molar-refractivity contribution is 5.32. The summed E-state index contributed by atoms with van der Waals surface area (Å²) in [7, 11) is 1.97. The van der Waals surface area contributed by atoms with E-state index in [9.17, 15) is 0 Å². The molecule has 0 amide bonds. The van der Waals surface area contributed by atoms with Gasteiger partial charge in [0.05, 0.1) is 12.7 Å². The number of likely N-dealkylation sites (N-methyl/N-ethyl adjacent to an activating group) is 1. The van der Waals surface area contributed by atoms with Crippen LogP contribution in [0.1, 0.15) is 30.1 Å². The van der Waals surface area contributed by atoms with Crippen LogP contribution in [0.3, 0.4) is 0 Å². The van der Waals surface area contributed by atoms with E-state index in [1.54, 1.807) is 0 Å². The number of terminal acetylenes is 1. The Morgan fingerprint density at radius 3 is 3.12 bits per heavy atom. The van der Waals surface area contributed by atoms with Gasteiger partial charge < -0.3 is 10.1 Å². The third-order valence-electron chi connectivity index (χ3n) is 3.37. The van der Waals surface area contributed by atoms with E-state index in [1.165, 1.54) is 11.1 Å². The second kappa shape index (κ2) is 5.86. The van der Waals surface area contributed by atoms with E-state index < -0.39 is 0 Å². The van der Waals surface area contributed by atoms with Gasteiger partial charge in [0.2, 0.25) is 0 Å². The van der Waals surface area contributed by atoms with E-state index in [4.69, 9.17) is 11.2 Å². The predicted octanol–water partition coefficient (Wildman–Crippen LogP) is 2.30. The predicted molar refractivity (Wildman–Crippen MR) is 69.8 cm³/mol. The third-order valence-corrected chi connectivity index (χ3v) is 3.37. The summed E-state index contributed by atoms with van der Waals surface area (Å²) in [6, 6.07) is 8.83. The summed E-state index contributed by atoms with van der Waals surface area (Å²) in [4.78, 5) is 0. The van der Waals surface area contributed by atoms with Gasteiger partial charge in [0.1, 0.15) is 0 Å². The Bertz CT molecular complexity index is 408. The number of ether oxygens (including phenoxy) is 1. The fourth-order valence-electron chi connectivity index (χ4n) is 2.44. The molecule has 0 radical (unpaired) electrons. The lowest BCUT2D eigenvalue weighted by atomic mass is 9.91.